The van der Waals surface area contributed by atoms with E-state index in [4.69, 9.17) is 16.3 Å². The summed E-state index contributed by atoms with van der Waals surface area (Å²) in [4.78, 5) is 1.24. The van der Waals surface area contributed by atoms with Crippen molar-refractivity contribution in [3.05, 3.63) is 49.1 Å². The van der Waals surface area contributed by atoms with Crippen molar-refractivity contribution in [3.8, 4) is 5.75 Å². The molecule has 2 aromatic rings. The van der Waals surface area contributed by atoms with E-state index in [1.165, 1.54) is 10.4 Å². The van der Waals surface area contributed by atoms with Crippen molar-refractivity contribution in [2.24, 2.45) is 0 Å². The molecule has 1 atom stereocenters. The van der Waals surface area contributed by atoms with Crippen LogP contribution in [0.4, 0.5) is 0 Å². The van der Waals surface area contributed by atoms with Crippen LogP contribution in [0.5, 0.6) is 5.75 Å². The number of fused-ring (bicyclic) bond motifs is 1. The number of nitrogens with one attached hydrogen (secondary N) is 1. The number of hydrogen-bond acceptors (Lipinski definition) is 3. The average molecular weight is 359 g/mol. The molecule has 100 valence electrons. The first kappa shape index (κ1) is 13.4. The molecule has 1 N–H and O–H groups in total. The fraction of sp³-hybridized carbons (Fsp3) is 0.286. The fourth-order valence-corrected chi connectivity index (χ4v) is 4.43. The largest absolute Gasteiger partial charge is 0.493 e. The molecule has 0 saturated carbocycles. The van der Waals surface area contributed by atoms with Gasteiger partial charge in [0.25, 0.3) is 0 Å². The highest BCUT2D eigenvalue weighted by atomic mass is 79.9. The SMILES string of the molecule is CNC(c1cc(Cl)cc2c1OCC2)c1sccc1Br. The minimum atomic E-state index is 0.0972. The van der Waals surface area contributed by atoms with Crippen LogP contribution in [0, 0.1) is 0 Å². The van der Waals surface area contributed by atoms with E-state index in [1.807, 2.05) is 19.2 Å². The molecule has 19 heavy (non-hydrogen) atoms. The Hall–Kier alpha value is -0.550. The molecule has 0 aliphatic carbocycles. The molecule has 0 spiro atoms. The summed E-state index contributed by atoms with van der Waals surface area (Å²) >= 11 is 11.6. The second-order valence-electron chi connectivity index (χ2n) is 4.44. The topological polar surface area (TPSA) is 21.3 Å². The number of ether oxygens (including phenoxy) is 1. The summed E-state index contributed by atoms with van der Waals surface area (Å²) in [6, 6.07) is 6.17. The molecule has 0 saturated heterocycles. The Morgan fingerprint density at radius 1 is 1.47 bits per heavy atom. The Labute approximate surface area is 129 Å². The van der Waals surface area contributed by atoms with Gasteiger partial charge in [-0.3, -0.25) is 0 Å². The number of rotatable bonds is 3. The first-order valence-electron chi connectivity index (χ1n) is 6.06. The van der Waals surface area contributed by atoms with Gasteiger partial charge in [-0.15, -0.1) is 11.3 Å². The maximum Gasteiger partial charge on any atom is 0.127 e. The van der Waals surface area contributed by atoms with E-state index in [0.717, 1.165) is 33.8 Å². The maximum absolute atomic E-state index is 6.24. The van der Waals surface area contributed by atoms with Gasteiger partial charge < -0.3 is 10.1 Å². The molecule has 0 amide bonds. The van der Waals surface area contributed by atoms with Crippen molar-refractivity contribution in [1.82, 2.24) is 5.32 Å². The highest BCUT2D eigenvalue weighted by Gasteiger charge is 2.25. The van der Waals surface area contributed by atoms with Gasteiger partial charge in [-0.1, -0.05) is 11.6 Å². The minimum Gasteiger partial charge on any atom is -0.493 e. The van der Waals surface area contributed by atoms with Crippen molar-refractivity contribution >= 4 is 38.9 Å². The van der Waals surface area contributed by atoms with Gasteiger partial charge in [0.05, 0.1) is 12.6 Å². The lowest BCUT2D eigenvalue weighted by molar-refractivity contribution is 0.351. The zero-order valence-corrected chi connectivity index (χ0v) is 13.5. The monoisotopic (exact) mass is 357 g/mol. The summed E-state index contributed by atoms with van der Waals surface area (Å²) in [6.45, 7) is 0.741. The third-order valence-electron chi connectivity index (χ3n) is 3.28. The van der Waals surface area contributed by atoms with Crippen molar-refractivity contribution < 1.29 is 4.74 Å². The van der Waals surface area contributed by atoms with Crippen molar-refractivity contribution in [2.75, 3.05) is 13.7 Å². The number of halogens is 2. The summed E-state index contributed by atoms with van der Waals surface area (Å²) in [5.74, 6) is 0.990. The lowest BCUT2D eigenvalue weighted by Crippen LogP contribution is -2.17. The summed E-state index contributed by atoms with van der Waals surface area (Å²) in [6.07, 6.45) is 0.935. The number of benzene rings is 1. The van der Waals surface area contributed by atoms with Crippen LogP contribution >= 0.6 is 38.9 Å². The van der Waals surface area contributed by atoms with Gasteiger partial charge in [0.15, 0.2) is 0 Å². The normalized spacial score (nSPS) is 15.1. The van der Waals surface area contributed by atoms with E-state index in [2.05, 4.69) is 32.7 Å². The molecule has 0 bridgehead atoms. The van der Waals surface area contributed by atoms with E-state index in [1.54, 1.807) is 11.3 Å². The van der Waals surface area contributed by atoms with E-state index in [-0.39, 0.29) is 6.04 Å². The Morgan fingerprint density at radius 3 is 3.00 bits per heavy atom. The van der Waals surface area contributed by atoms with Gasteiger partial charge in [-0.25, -0.2) is 0 Å². The standard InChI is InChI=1S/C14H13BrClNOS/c1-17-12(14-11(15)3-5-19-14)10-7-9(16)6-8-2-4-18-13(8)10/h3,5-7,12,17H,2,4H2,1H3. The minimum absolute atomic E-state index is 0.0972. The second-order valence-corrected chi connectivity index (χ2v) is 6.67. The quantitative estimate of drug-likeness (QED) is 0.877. The first-order chi connectivity index (χ1) is 9.20. The predicted octanol–water partition coefficient (Wildman–Crippen LogP) is 4.41. The van der Waals surface area contributed by atoms with Crippen molar-refractivity contribution in [3.63, 3.8) is 0 Å². The molecule has 0 radical (unpaired) electrons. The third-order valence-corrected chi connectivity index (χ3v) is 5.44. The van der Waals surface area contributed by atoms with E-state index in [0.29, 0.717) is 0 Å². The highest BCUT2D eigenvalue weighted by Crippen LogP contribution is 2.41. The lowest BCUT2D eigenvalue weighted by atomic mass is 10.0. The molecule has 1 aliphatic heterocycles. The van der Waals surface area contributed by atoms with Crippen molar-refractivity contribution in [1.29, 1.82) is 0 Å². The van der Waals surface area contributed by atoms with Crippen LogP contribution in [-0.4, -0.2) is 13.7 Å². The molecule has 1 unspecified atom stereocenters. The highest BCUT2D eigenvalue weighted by molar-refractivity contribution is 9.10. The maximum atomic E-state index is 6.24. The van der Waals surface area contributed by atoms with E-state index in [9.17, 15) is 0 Å². The number of hydrogen-bond donors (Lipinski definition) is 1. The van der Waals surface area contributed by atoms with Gasteiger partial charge >= 0.3 is 0 Å². The van der Waals surface area contributed by atoms with Gasteiger partial charge in [0.1, 0.15) is 5.75 Å². The Bertz CT molecular complexity index is 613. The smallest absolute Gasteiger partial charge is 0.127 e. The molecule has 2 nitrogen and oxygen atoms in total. The second kappa shape index (κ2) is 5.44. The van der Waals surface area contributed by atoms with Crippen LogP contribution in [0.2, 0.25) is 5.02 Å². The van der Waals surface area contributed by atoms with Crippen LogP contribution in [0.25, 0.3) is 0 Å². The van der Waals surface area contributed by atoms with Gasteiger partial charge in [-0.2, -0.15) is 0 Å². The average Bonchev–Trinajstić information content (AvgIpc) is 2.99. The number of thiophene rings is 1. The molecule has 0 fully saturated rings. The summed E-state index contributed by atoms with van der Waals surface area (Å²) in [7, 11) is 1.96. The summed E-state index contributed by atoms with van der Waals surface area (Å²) < 4.78 is 6.91. The van der Waals surface area contributed by atoms with E-state index >= 15 is 0 Å². The molecule has 3 rings (SSSR count). The molecule has 5 heteroatoms. The van der Waals surface area contributed by atoms with Gasteiger partial charge in [0.2, 0.25) is 0 Å². The van der Waals surface area contributed by atoms with Crippen LogP contribution in [-0.2, 0) is 6.42 Å². The molecule has 1 aromatic heterocycles. The van der Waals surface area contributed by atoms with Crippen LogP contribution in [0.3, 0.4) is 0 Å². The lowest BCUT2D eigenvalue weighted by Gasteiger charge is -2.19. The van der Waals surface area contributed by atoms with Crippen LogP contribution in [0.15, 0.2) is 28.1 Å². The Balaban J connectivity index is 2.12. The Morgan fingerprint density at radius 2 is 2.32 bits per heavy atom. The molecular formula is C14H13BrClNOS. The zero-order valence-electron chi connectivity index (χ0n) is 10.4. The van der Waals surface area contributed by atoms with Gasteiger partial charge in [-0.05, 0) is 52.1 Å². The predicted molar refractivity (Wildman–Crippen MR) is 83.6 cm³/mol. The van der Waals surface area contributed by atoms with Crippen LogP contribution in [0.1, 0.15) is 22.0 Å². The zero-order chi connectivity index (χ0) is 13.4. The molecular weight excluding hydrogens is 346 g/mol. The third kappa shape index (κ3) is 2.42. The molecule has 2 heterocycles. The first-order valence-corrected chi connectivity index (χ1v) is 8.11. The van der Waals surface area contributed by atoms with Crippen molar-refractivity contribution in [2.45, 2.75) is 12.5 Å². The summed E-state index contributed by atoms with van der Waals surface area (Å²) in [5, 5.41) is 6.21. The molecule has 1 aromatic carbocycles. The van der Waals surface area contributed by atoms with E-state index < -0.39 is 0 Å². The van der Waals surface area contributed by atoms with Crippen LogP contribution < -0.4 is 10.1 Å². The summed E-state index contributed by atoms with van der Waals surface area (Å²) in [5.41, 5.74) is 2.32. The van der Waals surface area contributed by atoms with Gasteiger partial charge in [0, 0.05) is 26.4 Å². The molecule has 1 aliphatic rings. The Kier molecular flexibility index (Phi) is 3.85. The fourth-order valence-electron chi connectivity index (χ4n) is 2.45.